The van der Waals surface area contributed by atoms with Gasteiger partial charge in [0.05, 0.1) is 0 Å². The Hall–Kier alpha value is -0.640. The predicted octanol–water partition coefficient (Wildman–Crippen LogP) is 2.93. The van der Waals surface area contributed by atoms with Crippen molar-refractivity contribution < 1.29 is 4.39 Å². The molecule has 0 saturated carbocycles. The van der Waals surface area contributed by atoms with Gasteiger partial charge in [0.15, 0.2) is 0 Å². The summed E-state index contributed by atoms with van der Waals surface area (Å²) in [6.45, 7) is 2.75. The minimum Gasteiger partial charge on any atom is -0.324 e. The summed E-state index contributed by atoms with van der Waals surface area (Å²) in [4.78, 5) is 0. The molecule has 2 atom stereocenters. The smallest absolute Gasteiger partial charge is 0.126 e. The van der Waals surface area contributed by atoms with Gasteiger partial charge in [0.25, 0.3) is 0 Å². The highest BCUT2D eigenvalue weighted by molar-refractivity contribution is 6.31. The second-order valence-corrected chi connectivity index (χ2v) is 5.17. The molecule has 1 saturated heterocycles. The Balaban J connectivity index is 2.12. The first-order valence-electron chi connectivity index (χ1n) is 6.02. The van der Waals surface area contributed by atoms with E-state index in [4.69, 9.17) is 17.3 Å². The fourth-order valence-electron chi connectivity index (χ4n) is 2.34. The topological polar surface area (TPSA) is 38.0 Å². The molecule has 0 aromatic heterocycles. The van der Waals surface area contributed by atoms with Crippen LogP contribution < -0.4 is 11.1 Å². The first-order valence-corrected chi connectivity index (χ1v) is 6.40. The number of rotatable bonds is 3. The Bertz CT molecular complexity index is 403. The summed E-state index contributed by atoms with van der Waals surface area (Å²) in [5, 5.41) is 3.95. The van der Waals surface area contributed by atoms with Gasteiger partial charge in [0.2, 0.25) is 0 Å². The van der Waals surface area contributed by atoms with Crippen LogP contribution in [-0.2, 0) is 0 Å². The molecule has 0 aliphatic carbocycles. The molecule has 1 fully saturated rings. The van der Waals surface area contributed by atoms with Gasteiger partial charge in [-0.05, 0) is 56.0 Å². The molecule has 0 bridgehead atoms. The van der Waals surface area contributed by atoms with Crippen LogP contribution in [0.1, 0.15) is 36.4 Å². The third-order valence-electron chi connectivity index (χ3n) is 3.38. The molecule has 0 radical (unpaired) electrons. The van der Waals surface area contributed by atoms with E-state index in [0.29, 0.717) is 22.2 Å². The number of aryl methyl sites for hydroxylation is 1. The molecule has 0 spiro atoms. The lowest BCUT2D eigenvalue weighted by molar-refractivity contribution is 0.497. The lowest BCUT2D eigenvalue weighted by Crippen LogP contribution is -2.27. The molecule has 1 aliphatic rings. The van der Waals surface area contributed by atoms with Gasteiger partial charge in [-0.25, -0.2) is 4.39 Å². The molecule has 2 nitrogen and oxygen atoms in total. The van der Waals surface area contributed by atoms with Crippen molar-refractivity contribution in [2.45, 2.75) is 38.3 Å². The van der Waals surface area contributed by atoms with Crippen molar-refractivity contribution in [3.63, 3.8) is 0 Å². The summed E-state index contributed by atoms with van der Waals surface area (Å²) >= 11 is 6.11. The van der Waals surface area contributed by atoms with Crippen LogP contribution in [0.25, 0.3) is 0 Å². The van der Waals surface area contributed by atoms with Crippen molar-refractivity contribution in [3.05, 3.63) is 34.1 Å². The highest BCUT2D eigenvalue weighted by Crippen LogP contribution is 2.28. The first-order chi connectivity index (χ1) is 8.08. The van der Waals surface area contributed by atoms with Crippen LogP contribution in [0, 0.1) is 12.7 Å². The zero-order chi connectivity index (χ0) is 12.4. The molecule has 3 N–H and O–H groups in total. The SMILES string of the molecule is Cc1cc(Cl)c(C(N)CC2CCCN2)cc1F. The monoisotopic (exact) mass is 256 g/mol. The van der Waals surface area contributed by atoms with E-state index in [2.05, 4.69) is 5.32 Å². The molecule has 1 aliphatic heterocycles. The van der Waals surface area contributed by atoms with Crippen molar-refractivity contribution in [2.24, 2.45) is 5.73 Å². The third-order valence-corrected chi connectivity index (χ3v) is 3.71. The average Bonchev–Trinajstić information content (AvgIpc) is 2.76. The molecular formula is C13H18ClFN2. The van der Waals surface area contributed by atoms with Gasteiger partial charge in [0.1, 0.15) is 5.82 Å². The molecule has 0 amide bonds. The molecule has 94 valence electrons. The van der Waals surface area contributed by atoms with E-state index in [1.54, 1.807) is 13.0 Å². The van der Waals surface area contributed by atoms with Gasteiger partial charge in [-0.2, -0.15) is 0 Å². The van der Waals surface area contributed by atoms with E-state index in [9.17, 15) is 4.39 Å². The van der Waals surface area contributed by atoms with Crippen molar-refractivity contribution in [2.75, 3.05) is 6.54 Å². The van der Waals surface area contributed by atoms with Gasteiger partial charge < -0.3 is 11.1 Å². The van der Waals surface area contributed by atoms with Crippen LogP contribution >= 0.6 is 11.6 Å². The minimum atomic E-state index is -0.237. The van der Waals surface area contributed by atoms with Crippen molar-refractivity contribution in [1.29, 1.82) is 0 Å². The van der Waals surface area contributed by atoms with Crippen molar-refractivity contribution in [3.8, 4) is 0 Å². The zero-order valence-electron chi connectivity index (χ0n) is 9.97. The summed E-state index contributed by atoms with van der Waals surface area (Å²) in [5.74, 6) is -0.237. The van der Waals surface area contributed by atoms with Crippen LogP contribution in [0.4, 0.5) is 4.39 Å². The minimum absolute atomic E-state index is 0.201. The Morgan fingerprint density at radius 3 is 3.00 bits per heavy atom. The summed E-state index contributed by atoms with van der Waals surface area (Å²) < 4.78 is 13.5. The fourth-order valence-corrected chi connectivity index (χ4v) is 2.70. The normalized spacial score (nSPS) is 21.8. The van der Waals surface area contributed by atoms with Gasteiger partial charge in [0, 0.05) is 17.1 Å². The number of nitrogens with two attached hydrogens (primary N) is 1. The summed E-state index contributed by atoms with van der Waals surface area (Å²) in [6, 6.07) is 3.35. The summed E-state index contributed by atoms with van der Waals surface area (Å²) in [5.41, 5.74) is 7.38. The van der Waals surface area contributed by atoms with Gasteiger partial charge in [-0.15, -0.1) is 0 Å². The molecule has 1 heterocycles. The van der Waals surface area contributed by atoms with Crippen molar-refractivity contribution >= 4 is 11.6 Å². The fraction of sp³-hybridized carbons (Fsp3) is 0.538. The van der Waals surface area contributed by atoms with Crippen LogP contribution in [0.15, 0.2) is 12.1 Å². The highest BCUT2D eigenvalue weighted by atomic mass is 35.5. The van der Waals surface area contributed by atoms with E-state index in [1.807, 2.05) is 0 Å². The summed E-state index contributed by atoms with van der Waals surface area (Å²) in [7, 11) is 0. The number of halogens is 2. The van der Waals surface area contributed by atoms with Crippen LogP contribution in [0.2, 0.25) is 5.02 Å². The molecule has 4 heteroatoms. The Morgan fingerprint density at radius 1 is 1.59 bits per heavy atom. The first kappa shape index (κ1) is 12.8. The molecule has 1 aromatic rings. The maximum atomic E-state index is 13.5. The maximum absolute atomic E-state index is 13.5. The molecule has 17 heavy (non-hydrogen) atoms. The van der Waals surface area contributed by atoms with Crippen LogP contribution in [0.5, 0.6) is 0 Å². The molecular weight excluding hydrogens is 239 g/mol. The van der Waals surface area contributed by atoms with E-state index >= 15 is 0 Å². The second kappa shape index (κ2) is 5.34. The van der Waals surface area contributed by atoms with Crippen LogP contribution in [0.3, 0.4) is 0 Å². The largest absolute Gasteiger partial charge is 0.324 e. The van der Waals surface area contributed by atoms with Gasteiger partial charge in [-0.3, -0.25) is 0 Å². The van der Waals surface area contributed by atoms with Gasteiger partial charge in [-0.1, -0.05) is 11.6 Å². The Morgan fingerprint density at radius 2 is 2.35 bits per heavy atom. The number of hydrogen-bond donors (Lipinski definition) is 2. The number of hydrogen-bond acceptors (Lipinski definition) is 2. The van der Waals surface area contributed by atoms with Crippen molar-refractivity contribution in [1.82, 2.24) is 5.32 Å². The van der Waals surface area contributed by atoms with E-state index < -0.39 is 0 Å². The third kappa shape index (κ3) is 2.97. The van der Waals surface area contributed by atoms with Gasteiger partial charge >= 0.3 is 0 Å². The summed E-state index contributed by atoms with van der Waals surface area (Å²) in [6.07, 6.45) is 3.13. The number of nitrogens with one attached hydrogen (secondary N) is 1. The standard InChI is InChI=1S/C13H18ClFN2/c1-8-5-11(14)10(7-12(8)15)13(16)6-9-3-2-4-17-9/h5,7,9,13,17H,2-4,6,16H2,1H3. The lowest BCUT2D eigenvalue weighted by Gasteiger charge is -2.18. The second-order valence-electron chi connectivity index (χ2n) is 4.76. The predicted molar refractivity (Wildman–Crippen MR) is 68.7 cm³/mol. The quantitative estimate of drug-likeness (QED) is 0.873. The van der Waals surface area contributed by atoms with E-state index in [1.165, 1.54) is 12.5 Å². The Labute approximate surface area is 106 Å². The average molecular weight is 257 g/mol. The lowest BCUT2D eigenvalue weighted by atomic mass is 9.98. The molecule has 1 aromatic carbocycles. The Kier molecular flexibility index (Phi) is 4.02. The molecule has 2 rings (SSSR count). The number of benzene rings is 1. The van der Waals surface area contributed by atoms with Crippen LogP contribution in [-0.4, -0.2) is 12.6 Å². The highest BCUT2D eigenvalue weighted by Gasteiger charge is 2.20. The van der Waals surface area contributed by atoms with E-state index in [-0.39, 0.29) is 11.9 Å². The maximum Gasteiger partial charge on any atom is 0.126 e. The molecule has 2 unspecified atom stereocenters. The van der Waals surface area contributed by atoms with E-state index in [0.717, 1.165) is 19.4 Å². The zero-order valence-corrected chi connectivity index (χ0v) is 10.7.